The average Bonchev–Trinajstić information content (AvgIpc) is 3.58. The summed E-state index contributed by atoms with van der Waals surface area (Å²) in [4.78, 5) is 56.1. The minimum Gasteiger partial charge on any atom is -0.352 e. The molecule has 1 aliphatic carbocycles. The predicted octanol–water partition coefficient (Wildman–Crippen LogP) is 5.42. The Morgan fingerprint density at radius 2 is 1.46 bits per heavy atom. The first-order valence-corrected chi connectivity index (χ1v) is 14.6. The number of rotatable bonds is 11. The lowest BCUT2D eigenvalue weighted by Gasteiger charge is -2.32. The van der Waals surface area contributed by atoms with E-state index in [1.54, 1.807) is 41.3 Å². The first kappa shape index (κ1) is 28.6. The summed E-state index contributed by atoms with van der Waals surface area (Å²) >= 11 is 6.11. The van der Waals surface area contributed by atoms with Crippen LogP contribution < -0.4 is 5.32 Å². The molecule has 5 rings (SSSR count). The SMILES string of the molecule is O=C(NC1CCCC1)[C@@H](Cc1ccccc1)N(Cc1ccc(Cl)cc1)C(=O)CCCN1C(=O)c2ccccc2C1=O. The van der Waals surface area contributed by atoms with Crippen molar-refractivity contribution in [1.29, 1.82) is 0 Å². The number of carbonyl (C=O) groups is 4. The van der Waals surface area contributed by atoms with Crippen LogP contribution in [0.2, 0.25) is 5.02 Å². The highest BCUT2D eigenvalue weighted by molar-refractivity contribution is 6.30. The van der Waals surface area contributed by atoms with Gasteiger partial charge in [0.25, 0.3) is 11.8 Å². The maximum Gasteiger partial charge on any atom is 0.261 e. The van der Waals surface area contributed by atoms with Gasteiger partial charge in [0, 0.05) is 37.0 Å². The first-order chi connectivity index (χ1) is 19.9. The molecule has 0 bridgehead atoms. The zero-order valence-corrected chi connectivity index (χ0v) is 23.7. The Hall–Kier alpha value is -3.97. The van der Waals surface area contributed by atoms with Crippen molar-refractivity contribution in [2.75, 3.05) is 6.54 Å². The van der Waals surface area contributed by atoms with E-state index in [0.29, 0.717) is 29.0 Å². The molecule has 0 radical (unpaired) electrons. The van der Waals surface area contributed by atoms with E-state index < -0.39 is 6.04 Å². The third kappa shape index (κ3) is 6.85. The molecule has 212 valence electrons. The van der Waals surface area contributed by atoms with Gasteiger partial charge in [-0.15, -0.1) is 0 Å². The molecule has 0 spiro atoms. The Kier molecular flexibility index (Phi) is 9.14. The van der Waals surface area contributed by atoms with E-state index in [1.807, 2.05) is 42.5 Å². The lowest BCUT2D eigenvalue weighted by atomic mass is 10.0. The van der Waals surface area contributed by atoms with E-state index in [9.17, 15) is 19.2 Å². The van der Waals surface area contributed by atoms with Gasteiger partial charge in [0.1, 0.15) is 6.04 Å². The maximum atomic E-state index is 13.9. The van der Waals surface area contributed by atoms with Gasteiger partial charge in [-0.1, -0.05) is 79.0 Å². The van der Waals surface area contributed by atoms with Crippen LogP contribution in [0.1, 0.15) is 70.4 Å². The van der Waals surface area contributed by atoms with Crippen molar-refractivity contribution in [2.45, 2.75) is 63.6 Å². The molecule has 3 aromatic rings. The van der Waals surface area contributed by atoms with E-state index in [4.69, 9.17) is 11.6 Å². The van der Waals surface area contributed by atoms with Gasteiger partial charge in [-0.25, -0.2) is 0 Å². The molecular formula is C33H34ClN3O4. The van der Waals surface area contributed by atoms with Crippen molar-refractivity contribution in [2.24, 2.45) is 0 Å². The number of imide groups is 1. The van der Waals surface area contributed by atoms with Gasteiger partial charge in [-0.3, -0.25) is 24.1 Å². The molecule has 41 heavy (non-hydrogen) atoms. The molecular weight excluding hydrogens is 538 g/mol. The van der Waals surface area contributed by atoms with Crippen molar-refractivity contribution < 1.29 is 19.2 Å². The average molecular weight is 572 g/mol. The van der Waals surface area contributed by atoms with Crippen LogP contribution in [0.4, 0.5) is 0 Å². The zero-order chi connectivity index (χ0) is 28.8. The lowest BCUT2D eigenvalue weighted by Crippen LogP contribution is -2.52. The third-order valence-electron chi connectivity index (χ3n) is 7.89. The van der Waals surface area contributed by atoms with Gasteiger partial charge >= 0.3 is 0 Å². The first-order valence-electron chi connectivity index (χ1n) is 14.2. The predicted molar refractivity (Wildman–Crippen MR) is 157 cm³/mol. The molecule has 1 atom stereocenters. The van der Waals surface area contributed by atoms with Crippen molar-refractivity contribution in [3.05, 3.63) is 106 Å². The van der Waals surface area contributed by atoms with Crippen molar-refractivity contribution in [1.82, 2.24) is 15.1 Å². The summed E-state index contributed by atoms with van der Waals surface area (Å²) in [5.74, 6) is -1.05. The van der Waals surface area contributed by atoms with Gasteiger partial charge < -0.3 is 10.2 Å². The number of benzene rings is 3. The second-order valence-corrected chi connectivity index (χ2v) is 11.2. The fourth-order valence-corrected chi connectivity index (χ4v) is 5.81. The highest BCUT2D eigenvalue weighted by Gasteiger charge is 2.36. The van der Waals surface area contributed by atoms with E-state index in [0.717, 1.165) is 36.8 Å². The van der Waals surface area contributed by atoms with Gasteiger partial charge in [-0.05, 0) is 54.7 Å². The van der Waals surface area contributed by atoms with Crippen molar-refractivity contribution in [3.63, 3.8) is 0 Å². The van der Waals surface area contributed by atoms with E-state index in [-0.39, 0.29) is 49.2 Å². The highest BCUT2D eigenvalue weighted by atomic mass is 35.5. The van der Waals surface area contributed by atoms with Crippen LogP contribution in [0.5, 0.6) is 0 Å². The quantitative estimate of drug-likeness (QED) is 0.312. The molecule has 8 heteroatoms. The number of amides is 4. The van der Waals surface area contributed by atoms with Crippen LogP contribution in [0.15, 0.2) is 78.9 Å². The number of hydrogen-bond acceptors (Lipinski definition) is 4. The molecule has 0 aromatic heterocycles. The van der Waals surface area contributed by atoms with E-state index in [1.165, 1.54) is 4.90 Å². The molecule has 2 aliphatic rings. The minimum atomic E-state index is -0.722. The summed E-state index contributed by atoms with van der Waals surface area (Å²) in [6.07, 6.45) is 4.80. The molecule has 4 amide bonds. The van der Waals surface area contributed by atoms with Crippen molar-refractivity contribution in [3.8, 4) is 0 Å². The molecule has 1 aliphatic heterocycles. The largest absolute Gasteiger partial charge is 0.352 e. The summed E-state index contributed by atoms with van der Waals surface area (Å²) in [5, 5.41) is 3.79. The van der Waals surface area contributed by atoms with Crippen LogP contribution in [-0.2, 0) is 22.6 Å². The van der Waals surface area contributed by atoms with Gasteiger partial charge in [0.05, 0.1) is 11.1 Å². The molecule has 3 aromatic carbocycles. The normalized spacial score (nSPS) is 15.6. The molecule has 0 unspecified atom stereocenters. The second-order valence-electron chi connectivity index (χ2n) is 10.8. The monoisotopic (exact) mass is 571 g/mol. The zero-order valence-electron chi connectivity index (χ0n) is 22.9. The third-order valence-corrected chi connectivity index (χ3v) is 8.14. The molecule has 1 N–H and O–H groups in total. The number of hydrogen-bond donors (Lipinski definition) is 1. The standard InChI is InChI=1S/C33H34ClN3O4/c34-25-18-16-24(17-19-25)22-37(29(21-23-9-2-1-3-10-23)31(39)35-26-11-4-5-12-26)30(38)15-8-20-36-32(40)27-13-6-7-14-28(27)33(36)41/h1-3,6-7,9-10,13-14,16-19,26,29H,4-5,8,11-12,15,20-22H2,(H,35,39)/t29-/m1/s1. The number of carbonyl (C=O) groups excluding carboxylic acids is 4. The topological polar surface area (TPSA) is 86.8 Å². The van der Waals surface area contributed by atoms with Crippen LogP contribution >= 0.6 is 11.6 Å². The number of halogens is 1. The number of nitrogens with one attached hydrogen (secondary N) is 1. The van der Waals surface area contributed by atoms with Crippen molar-refractivity contribution >= 4 is 35.2 Å². The highest BCUT2D eigenvalue weighted by Crippen LogP contribution is 2.24. The second kappa shape index (κ2) is 13.1. The Bertz CT molecular complexity index is 1370. The summed E-state index contributed by atoms with van der Waals surface area (Å²) in [5.41, 5.74) is 2.59. The van der Waals surface area contributed by atoms with Gasteiger partial charge in [-0.2, -0.15) is 0 Å². The Morgan fingerprint density at radius 1 is 0.854 bits per heavy atom. The van der Waals surface area contributed by atoms with Crippen LogP contribution in [0.25, 0.3) is 0 Å². The minimum absolute atomic E-state index is 0.0863. The Labute approximate surface area is 245 Å². The van der Waals surface area contributed by atoms with Crippen LogP contribution in [-0.4, -0.2) is 52.1 Å². The summed E-state index contributed by atoms with van der Waals surface area (Å²) in [6, 6.07) is 23.1. The molecule has 0 saturated heterocycles. The molecule has 7 nitrogen and oxygen atoms in total. The van der Waals surface area contributed by atoms with Gasteiger partial charge in [0.2, 0.25) is 11.8 Å². The maximum absolute atomic E-state index is 13.9. The fraction of sp³-hybridized carbons (Fsp3) is 0.333. The Morgan fingerprint density at radius 3 is 2.10 bits per heavy atom. The number of nitrogens with zero attached hydrogens (tertiary/aromatic N) is 2. The van der Waals surface area contributed by atoms with Crippen LogP contribution in [0.3, 0.4) is 0 Å². The number of fused-ring (bicyclic) bond motifs is 1. The smallest absolute Gasteiger partial charge is 0.261 e. The summed E-state index contributed by atoms with van der Waals surface area (Å²) < 4.78 is 0. The summed E-state index contributed by atoms with van der Waals surface area (Å²) in [7, 11) is 0. The Balaban J connectivity index is 1.35. The lowest BCUT2D eigenvalue weighted by molar-refractivity contribution is -0.141. The van der Waals surface area contributed by atoms with Crippen LogP contribution in [0, 0.1) is 0 Å². The molecule has 1 heterocycles. The van der Waals surface area contributed by atoms with E-state index >= 15 is 0 Å². The molecule has 1 fully saturated rings. The fourth-order valence-electron chi connectivity index (χ4n) is 5.68. The van der Waals surface area contributed by atoms with Gasteiger partial charge in [0.15, 0.2) is 0 Å². The summed E-state index contributed by atoms with van der Waals surface area (Å²) in [6.45, 7) is 0.364. The molecule has 1 saturated carbocycles. The van der Waals surface area contributed by atoms with E-state index in [2.05, 4.69) is 5.32 Å².